The first-order valence-electron chi connectivity index (χ1n) is 5.16. The highest BCUT2D eigenvalue weighted by Crippen LogP contribution is 2.50. The van der Waals surface area contributed by atoms with E-state index in [1.54, 1.807) is 7.11 Å². The highest BCUT2D eigenvalue weighted by molar-refractivity contribution is 7.41. The van der Waals surface area contributed by atoms with Crippen LogP contribution in [0.15, 0.2) is 0 Å². The fourth-order valence-corrected chi connectivity index (χ4v) is 3.49. The van der Waals surface area contributed by atoms with Gasteiger partial charge >= 0.3 is 21.8 Å². The van der Waals surface area contributed by atoms with Gasteiger partial charge in [-0.2, -0.15) is 4.89 Å². The molecule has 1 aliphatic carbocycles. The van der Waals surface area contributed by atoms with Crippen LogP contribution in [0.4, 0.5) is 0 Å². The van der Waals surface area contributed by atoms with Gasteiger partial charge in [0.15, 0.2) is 0 Å². The lowest BCUT2D eigenvalue weighted by Crippen LogP contribution is -2.39. The molecular weight excluding hydrogens is 270 g/mol. The van der Waals surface area contributed by atoms with Crippen molar-refractivity contribution >= 4 is 16.3 Å². The zero-order valence-electron chi connectivity index (χ0n) is 9.35. The van der Waals surface area contributed by atoms with E-state index >= 15 is 0 Å². The van der Waals surface area contributed by atoms with Crippen LogP contribution < -0.4 is 0 Å². The molecule has 3 atom stereocenters. The Balaban J connectivity index is 2.72. The van der Waals surface area contributed by atoms with Gasteiger partial charge in [0.05, 0.1) is 12.0 Å². The standard InChI is InChI=1S/C8H14O7P2/c1-14-7-4-2-6(3-5-7)8(9,16(10)11)15-17(12)13/h6-7,9H,2-5H2,1H3/p+2. The summed E-state index contributed by atoms with van der Waals surface area (Å²) in [5.74, 6) is -0.645. The summed E-state index contributed by atoms with van der Waals surface area (Å²) in [5, 5.41) is 9.90. The van der Waals surface area contributed by atoms with Crippen LogP contribution in [0.3, 0.4) is 0 Å². The van der Waals surface area contributed by atoms with Crippen molar-refractivity contribution in [3.8, 4) is 0 Å². The fraction of sp³-hybridized carbons (Fsp3) is 1.00. The fourth-order valence-electron chi connectivity index (χ4n) is 2.06. The van der Waals surface area contributed by atoms with Crippen molar-refractivity contribution in [1.29, 1.82) is 0 Å². The monoisotopic (exact) mass is 286 g/mol. The molecule has 3 unspecified atom stereocenters. The van der Waals surface area contributed by atoms with Crippen molar-refractivity contribution < 1.29 is 33.3 Å². The Morgan fingerprint density at radius 3 is 2.06 bits per heavy atom. The number of ether oxygens (including phenoxy) is 1. The Morgan fingerprint density at radius 2 is 1.71 bits per heavy atom. The third-order valence-corrected chi connectivity index (χ3v) is 4.61. The predicted octanol–water partition coefficient (Wildman–Crippen LogP) is 1.24. The average molecular weight is 286 g/mol. The maximum Gasteiger partial charge on any atom is 0.702 e. The molecule has 0 saturated heterocycles. The van der Waals surface area contributed by atoms with Crippen molar-refractivity contribution in [2.75, 3.05) is 7.11 Å². The molecule has 98 valence electrons. The van der Waals surface area contributed by atoms with Crippen LogP contribution in [-0.2, 0) is 18.4 Å². The molecule has 0 aromatic carbocycles. The molecule has 0 spiro atoms. The second kappa shape index (κ2) is 6.25. The predicted molar refractivity (Wildman–Crippen MR) is 58.4 cm³/mol. The normalized spacial score (nSPS) is 30.6. The molecule has 0 amide bonds. The summed E-state index contributed by atoms with van der Waals surface area (Å²) in [7, 11) is -4.68. The van der Waals surface area contributed by atoms with Crippen molar-refractivity contribution in [2.24, 2.45) is 5.92 Å². The largest absolute Gasteiger partial charge is 0.702 e. The van der Waals surface area contributed by atoms with Gasteiger partial charge in [-0.1, -0.05) is 0 Å². The van der Waals surface area contributed by atoms with Crippen LogP contribution >= 0.6 is 16.3 Å². The Morgan fingerprint density at radius 1 is 1.18 bits per heavy atom. The van der Waals surface area contributed by atoms with Gasteiger partial charge in [0.2, 0.25) is 0 Å². The zero-order chi connectivity index (χ0) is 13.1. The second-order valence-electron chi connectivity index (χ2n) is 3.97. The van der Waals surface area contributed by atoms with Crippen LogP contribution in [0, 0.1) is 5.92 Å². The maximum absolute atomic E-state index is 11.1. The minimum absolute atomic E-state index is 0.0509. The van der Waals surface area contributed by atoms with Crippen LogP contribution in [0.25, 0.3) is 0 Å². The first kappa shape index (κ1) is 15.1. The third kappa shape index (κ3) is 3.73. The summed E-state index contributed by atoms with van der Waals surface area (Å²) in [5.41, 5.74) is -2.45. The SMILES string of the molecule is COC1CCC(C(O)(O[P+](=O)O)[P+](=O)O)CC1. The van der Waals surface area contributed by atoms with E-state index in [0.717, 1.165) is 0 Å². The topological polar surface area (TPSA) is 113 Å². The van der Waals surface area contributed by atoms with Crippen molar-refractivity contribution in [3.05, 3.63) is 0 Å². The molecule has 1 fully saturated rings. The van der Waals surface area contributed by atoms with E-state index in [4.69, 9.17) is 14.5 Å². The number of hydrogen-bond acceptors (Lipinski definition) is 5. The molecule has 0 aliphatic heterocycles. The Labute approximate surface area is 101 Å². The minimum Gasteiger partial charge on any atom is -0.381 e. The van der Waals surface area contributed by atoms with Gasteiger partial charge in [0.25, 0.3) is 0 Å². The lowest BCUT2D eigenvalue weighted by Gasteiger charge is -2.28. The molecular formula is C8H16O7P2+2. The summed E-state index contributed by atoms with van der Waals surface area (Å²) in [4.78, 5) is 17.7. The van der Waals surface area contributed by atoms with Crippen LogP contribution in [0.5, 0.6) is 0 Å². The summed E-state index contributed by atoms with van der Waals surface area (Å²) >= 11 is 0. The van der Waals surface area contributed by atoms with Crippen molar-refractivity contribution in [3.63, 3.8) is 0 Å². The molecule has 9 heteroatoms. The number of methoxy groups -OCH3 is 1. The van der Waals surface area contributed by atoms with Crippen molar-refractivity contribution in [1.82, 2.24) is 0 Å². The Bertz CT molecular complexity index is 302. The van der Waals surface area contributed by atoms with E-state index in [1.807, 2.05) is 0 Å². The van der Waals surface area contributed by atoms with Gasteiger partial charge < -0.3 is 9.84 Å². The molecule has 0 bridgehead atoms. The van der Waals surface area contributed by atoms with E-state index in [9.17, 15) is 14.2 Å². The highest BCUT2D eigenvalue weighted by Gasteiger charge is 2.63. The maximum atomic E-state index is 11.1. The molecule has 7 nitrogen and oxygen atoms in total. The summed E-state index contributed by atoms with van der Waals surface area (Å²) in [6.45, 7) is 0. The quantitative estimate of drug-likeness (QED) is 0.514. The Kier molecular flexibility index (Phi) is 5.54. The summed E-state index contributed by atoms with van der Waals surface area (Å²) in [6, 6.07) is 0. The molecule has 3 N–H and O–H groups in total. The van der Waals surface area contributed by atoms with E-state index in [1.165, 1.54) is 0 Å². The number of rotatable bonds is 5. The van der Waals surface area contributed by atoms with E-state index in [2.05, 4.69) is 4.52 Å². The molecule has 0 radical (unpaired) electrons. The second-order valence-corrected chi connectivity index (χ2v) is 5.81. The average Bonchev–Trinajstić information content (AvgIpc) is 2.28. The van der Waals surface area contributed by atoms with Gasteiger partial charge in [-0.15, -0.1) is 4.89 Å². The van der Waals surface area contributed by atoms with Gasteiger partial charge in [-0.25, -0.2) is 0 Å². The minimum atomic E-state index is -3.14. The first-order valence-corrected chi connectivity index (χ1v) is 7.51. The molecule has 17 heavy (non-hydrogen) atoms. The summed E-state index contributed by atoms with van der Waals surface area (Å²) < 4.78 is 31.2. The zero-order valence-corrected chi connectivity index (χ0v) is 11.1. The molecule has 0 aromatic heterocycles. The lowest BCUT2D eigenvalue weighted by molar-refractivity contribution is -0.127. The highest BCUT2D eigenvalue weighted by atomic mass is 31.1. The van der Waals surface area contributed by atoms with Crippen LogP contribution in [0.2, 0.25) is 0 Å². The molecule has 0 aromatic rings. The third-order valence-electron chi connectivity index (χ3n) is 3.03. The smallest absolute Gasteiger partial charge is 0.381 e. The van der Waals surface area contributed by atoms with Crippen LogP contribution in [0.1, 0.15) is 25.7 Å². The number of hydrogen-bond donors (Lipinski definition) is 3. The molecule has 1 rings (SSSR count). The van der Waals surface area contributed by atoms with E-state index in [0.29, 0.717) is 25.7 Å². The van der Waals surface area contributed by atoms with Gasteiger partial charge in [-0.3, -0.25) is 0 Å². The van der Waals surface area contributed by atoms with Crippen LogP contribution in [-0.4, -0.2) is 33.6 Å². The van der Waals surface area contributed by atoms with Gasteiger partial charge in [-0.05, 0) is 34.8 Å². The van der Waals surface area contributed by atoms with E-state index in [-0.39, 0.29) is 6.10 Å². The lowest BCUT2D eigenvalue weighted by atomic mass is 9.87. The van der Waals surface area contributed by atoms with Gasteiger partial charge in [0.1, 0.15) is 0 Å². The molecule has 1 aliphatic rings. The van der Waals surface area contributed by atoms with E-state index < -0.39 is 27.7 Å². The van der Waals surface area contributed by atoms with Gasteiger partial charge in [0, 0.05) is 11.7 Å². The molecule has 1 saturated carbocycles. The first-order chi connectivity index (χ1) is 7.90. The Hall–Kier alpha value is -0.0000000000000000486. The molecule has 0 heterocycles. The van der Waals surface area contributed by atoms with Crippen molar-refractivity contribution in [2.45, 2.75) is 37.3 Å². The summed E-state index contributed by atoms with van der Waals surface area (Å²) in [6.07, 6.45) is 2.07. The number of aliphatic hydroxyl groups is 1.